The average molecular weight is 441 g/mol. The lowest BCUT2D eigenvalue weighted by molar-refractivity contribution is 0.102. The lowest BCUT2D eigenvalue weighted by Crippen LogP contribution is -2.11. The van der Waals surface area contributed by atoms with E-state index in [1.807, 2.05) is 91.0 Å². The first-order valence-electron chi connectivity index (χ1n) is 11.1. The van der Waals surface area contributed by atoms with E-state index < -0.39 is 0 Å². The van der Waals surface area contributed by atoms with Gasteiger partial charge in [0.05, 0.1) is 0 Å². The van der Waals surface area contributed by atoms with Crippen LogP contribution in [0, 0.1) is 0 Å². The minimum absolute atomic E-state index is 0.162. The van der Waals surface area contributed by atoms with Gasteiger partial charge in [-0.1, -0.05) is 72.8 Å². The molecular formula is C30H20N2O2. The van der Waals surface area contributed by atoms with Crippen molar-refractivity contribution in [3.8, 4) is 22.6 Å². The third-order valence-corrected chi connectivity index (χ3v) is 5.90. The molecule has 1 N–H and O–H groups in total. The van der Waals surface area contributed by atoms with E-state index in [2.05, 4.69) is 34.6 Å². The minimum atomic E-state index is -0.162. The van der Waals surface area contributed by atoms with Crippen molar-refractivity contribution in [3.63, 3.8) is 0 Å². The van der Waals surface area contributed by atoms with E-state index in [1.165, 1.54) is 5.56 Å². The summed E-state index contributed by atoms with van der Waals surface area (Å²) in [6.07, 6.45) is 0. The average Bonchev–Trinajstić information content (AvgIpc) is 3.32. The smallest absolute Gasteiger partial charge is 0.255 e. The molecule has 0 aliphatic rings. The van der Waals surface area contributed by atoms with E-state index >= 15 is 0 Å². The third kappa shape index (κ3) is 3.82. The van der Waals surface area contributed by atoms with Crippen molar-refractivity contribution in [2.24, 2.45) is 0 Å². The van der Waals surface area contributed by atoms with Gasteiger partial charge in [0.2, 0.25) is 5.89 Å². The van der Waals surface area contributed by atoms with Gasteiger partial charge in [0.15, 0.2) is 5.58 Å². The van der Waals surface area contributed by atoms with Crippen LogP contribution in [0.2, 0.25) is 0 Å². The number of amides is 1. The van der Waals surface area contributed by atoms with E-state index in [4.69, 9.17) is 4.42 Å². The molecule has 1 amide bonds. The first kappa shape index (κ1) is 19.9. The van der Waals surface area contributed by atoms with Gasteiger partial charge < -0.3 is 9.73 Å². The molecular weight excluding hydrogens is 420 g/mol. The highest BCUT2D eigenvalue weighted by molar-refractivity contribution is 6.07. The highest BCUT2D eigenvalue weighted by Crippen LogP contribution is 2.28. The Morgan fingerprint density at radius 3 is 2.18 bits per heavy atom. The first-order valence-corrected chi connectivity index (χ1v) is 11.1. The zero-order valence-corrected chi connectivity index (χ0v) is 18.2. The molecule has 0 aliphatic carbocycles. The fraction of sp³-hybridized carbons (Fsp3) is 0. The highest BCUT2D eigenvalue weighted by Gasteiger charge is 2.12. The molecule has 6 rings (SSSR count). The normalized spacial score (nSPS) is 11.1. The second kappa shape index (κ2) is 8.34. The van der Waals surface area contributed by atoms with E-state index in [9.17, 15) is 4.79 Å². The number of oxazole rings is 1. The fourth-order valence-electron chi connectivity index (χ4n) is 4.10. The first-order chi connectivity index (χ1) is 16.7. The fourth-order valence-corrected chi connectivity index (χ4v) is 4.10. The number of anilines is 1. The Bertz CT molecular complexity index is 1630. The third-order valence-electron chi connectivity index (χ3n) is 5.90. The maximum absolute atomic E-state index is 12.8. The van der Waals surface area contributed by atoms with Gasteiger partial charge in [-0.05, 0) is 64.4 Å². The lowest BCUT2D eigenvalue weighted by Gasteiger charge is -2.06. The summed E-state index contributed by atoms with van der Waals surface area (Å²) in [7, 11) is 0. The van der Waals surface area contributed by atoms with Crippen molar-refractivity contribution in [1.29, 1.82) is 0 Å². The summed E-state index contributed by atoms with van der Waals surface area (Å²) in [6, 6.07) is 37.6. The quantitative estimate of drug-likeness (QED) is 0.308. The molecule has 0 fully saturated rings. The van der Waals surface area contributed by atoms with Gasteiger partial charge in [-0.3, -0.25) is 4.79 Å². The molecule has 0 unspecified atom stereocenters. The molecule has 4 nitrogen and oxygen atoms in total. The van der Waals surface area contributed by atoms with Crippen molar-refractivity contribution in [1.82, 2.24) is 4.98 Å². The standard InChI is InChI=1S/C30H20N2O2/c33-29(25-15-12-21-8-4-5-9-24(21)18-25)31-26-16-17-28-27(19-26)32-30(34-28)23-13-10-22(11-14-23)20-6-2-1-3-7-20/h1-19H,(H,31,33). The van der Waals surface area contributed by atoms with Gasteiger partial charge in [-0.15, -0.1) is 0 Å². The summed E-state index contributed by atoms with van der Waals surface area (Å²) in [5, 5.41) is 5.11. The van der Waals surface area contributed by atoms with Crippen LogP contribution < -0.4 is 5.32 Å². The van der Waals surface area contributed by atoms with Crippen molar-refractivity contribution in [3.05, 3.63) is 121 Å². The Hall–Kier alpha value is -4.70. The van der Waals surface area contributed by atoms with Gasteiger partial charge in [0.1, 0.15) is 5.52 Å². The van der Waals surface area contributed by atoms with Gasteiger partial charge in [-0.25, -0.2) is 4.98 Å². The second-order valence-electron chi connectivity index (χ2n) is 8.16. The number of rotatable bonds is 4. The molecule has 6 aromatic rings. The monoisotopic (exact) mass is 440 g/mol. The zero-order chi connectivity index (χ0) is 22.9. The highest BCUT2D eigenvalue weighted by atomic mass is 16.3. The van der Waals surface area contributed by atoms with Crippen LogP contribution in [0.4, 0.5) is 5.69 Å². The maximum atomic E-state index is 12.8. The summed E-state index contributed by atoms with van der Waals surface area (Å²) in [5.74, 6) is 0.387. The molecule has 0 spiro atoms. The maximum Gasteiger partial charge on any atom is 0.255 e. The molecule has 0 bridgehead atoms. The lowest BCUT2D eigenvalue weighted by atomic mass is 10.0. The summed E-state index contributed by atoms with van der Waals surface area (Å²) < 4.78 is 5.97. The second-order valence-corrected chi connectivity index (χ2v) is 8.16. The molecule has 0 radical (unpaired) electrons. The Kier molecular flexibility index (Phi) is 4.89. The van der Waals surface area contributed by atoms with Gasteiger partial charge >= 0.3 is 0 Å². The number of nitrogens with one attached hydrogen (secondary N) is 1. The molecule has 4 heteroatoms. The minimum Gasteiger partial charge on any atom is -0.436 e. The van der Waals surface area contributed by atoms with E-state index in [0.717, 1.165) is 21.9 Å². The molecule has 1 aromatic heterocycles. The van der Waals surface area contributed by atoms with Gasteiger partial charge in [0.25, 0.3) is 5.91 Å². The number of carbonyl (C=O) groups is 1. The number of fused-ring (bicyclic) bond motifs is 2. The molecule has 0 aliphatic heterocycles. The van der Waals surface area contributed by atoms with Crippen molar-refractivity contribution < 1.29 is 9.21 Å². The van der Waals surface area contributed by atoms with Crippen LogP contribution in [0.25, 0.3) is 44.5 Å². The van der Waals surface area contributed by atoms with Crippen LogP contribution >= 0.6 is 0 Å². The Balaban J connectivity index is 1.24. The van der Waals surface area contributed by atoms with E-state index in [0.29, 0.717) is 28.2 Å². The molecule has 162 valence electrons. The summed E-state index contributed by atoms with van der Waals surface area (Å²) in [4.78, 5) is 17.5. The number of hydrogen-bond donors (Lipinski definition) is 1. The van der Waals surface area contributed by atoms with E-state index in [-0.39, 0.29) is 5.91 Å². The summed E-state index contributed by atoms with van der Waals surface area (Å²) in [5.41, 5.74) is 5.85. The topological polar surface area (TPSA) is 55.1 Å². The van der Waals surface area contributed by atoms with Crippen LogP contribution in [0.15, 0.2) is 120 Å². The zero-order valence-electron chi connectivity index (χ0n) is 18.2. The molecule has 5 aromatic carbocycles. The van der Waals surface area contributed by atoms with Crippen LogP contribution in [0.3, 0.4) is 0 Å². The van der Waals surface area contributed by atoms with Crippen molar-refractivity contribution >= 4 is 33.5 Å². The van der Waals surface area contributed by atoms with Crippen LogP contribution in [0.1, 0.15) is 10.4 Å². The Labute approximate surface area is 196 Å². The summed E-state index contributed by atoms with van der Waals surface area (Å²) in [6.45, 7) is 0. The molecule has 34 heavy (non-hydrogen) atoms. The predicted molar refractivity (Wildman–Crippen MR) is 137 cm³/mol. The molecule has 1 heterocycles. The molecule has 0 saturated carbocycles. The number of hydrogen-bond acceptors (Lipinski definition) is 3. The Morgan fingerprint density at radius 2 is 1.35 bits per heavy atom. The largest absolute Gasteiger partial charge is 0.436 e. The van der Waals surface area contributed by atoms with Crippen LogP contribution in [0.5, 0.6) is 0 Å². The Morgan fingerprint density at radius 1 is 0.647 bits per heavy atom. The number of benzene rings is 5. The van der Waals surface area contributed by atoms with Crippen LogP contribution in [-0.2, 0) is 0 Å². The van der Waals surface area contributed by atoms with Crippen molar-refractivity contribution in [2.45, 2.75) is 0 Å². The number of carbonyl (C=O) groups excluding carboxylic acids is 1. The van der Waals surface area contributed by atoms with Gasteiger partial charge in [0, 0.05) is 16.8 Å². The van der Waals surface area contributed by atoms with Crippen molar-refractivity contribution in [2.75, 3.05) is 5.32 Å². The molecule has 0 atom stereocenters. The molecule has 0 saturated heterocycles. The SMILES string of the molecule is O=C(Nc1ccc2oc(-c3ccc(-c4ccccc4)cc3)nc2c1)c1ccc2ccccc2c1. The van der Waals surface area contributed by atoms with E-state index in [1.54, 1.807) is 0 Å². The van der Waals surface area contributed by atoms with Crippen LogP contribution in [-0.4, -0.2) is 10.9 Å². The number of aromatic nitrogens is 1. The predicted octanol–water partition coefficient (Wildman–Crippen LogP) is 7.57. The summed E-state index contributed by atoms with van der Waals surface area (Å²) >= 11 is 0. The number of nitrogens with zero attached hydrogens (tertiary/aromatic N) is 1. The van der Waals surface area contributed by atoms with Gasteiger partial charge in [-0.2, -0.15) is 0 Å².